The van der Waals surface area contributed by atoms with Crippen LogP contribution in [0.15, 0.2) is 70.8 Å². The summed E-state index contributed by atoms with van der Waals surface area (Å²) in [7, 11) is 0. The van der Waals surface area contributed by atoms with Crippen molar-refractivity contribution in [2.45, 2.75) is 23.3 Å². The number of aryl methyl sites for hydroxylation is 1. The van der Waals surface area contributed by atoms with Crippen LogP contribution < -0.4 is 10.1 Å². The number of nitrogens with one attached hydrogen (secondary N) is 1. The molecule has 3 aromatic rings. The van der Waals surface area contributed by atoms with Gasteiger partial charge in [-0.05, 0) is 44.2 Å². The largest absolute Gasteiger partial charge is 0.437 e. The molecule has 1 amide bonds. The Labute approximate surface area is 198 Å². The normalized spacial score (nSPS) is 14.1. The van der Waals surface area contributed by atoms with E-state index in [1.165, 1.54) is 11.8 Å². The maximum Gasteiger partial charge on any atom is 0.252 e. The number of ether oxygens (including phenoxy) is 2. The molecule has 0 bridgehead atoms. The maximum absolute atomic E-state index is 12.9. The number of amides is 1. The molecule has 1 N–H and O–H groups in total. The van der Waals surface area contributed by atoms with Crippen molar-refractivity contribution in [1.29, 1.82) is 0 Å². The Balaban J connectivity index is 1.39. The van der Waals surface area contributed by atoms with Gasteiger partial charge in [-0.2, -0.15) is 0 Å². The average molecular weight is 465 g/mol. The fourth-order valence-electron chi connectivity index (χ4n) is 3.44. The van der Waals surface area contributed by atoms with Gasteiger partial charge in [-0.25, -0.2) is 9.97 Å². The maximum atomic E-state index is 12.9. The number of carbonyl (C=O) groups is 1. The molecule has 0 saturated carbocycles. The molecular formula is C25H28N4O3S. The van der Waals surface area contributed by atoms with E-state index in [4.69, 9.17) is 9.47 Å². The zero-order valence-corrected chi connectivity index (χ0v) is 19.5. The third-order valence-corrected chi connectivity index (χ3v) is 6.30. The van der Waals surface area contributed by atoms with Gasteiger partial charge in [0.15, 0.2) is 5.03 Å². The van der Waals surface area contributed by atoms with Crippen molar-refractivity contribution in [2.75, 3.05) is 39.4 Å². The lowest BCUT2D eigenvalue weighted by Crippen LogP contribution is -2.38. The van der Waals surface area contributed by atoms with Crippen molar-refractivity contribution in [3.8, 4) is 11.6 Å². The molecule has 172 valence electrons. The summed E-state index contributed by atoms with van der Waals surface area (Å²) >= 11 is 1.37. The van der Waals surface area contributed by atoms with Crippen molar-refractivity contribution in [3.05, 3.63) is 72.1 Å². The number of rotatable bonds is 9. The Bertz CT molecular complexity index is 1060. The standard InChI is InChI=1S/C25H28N4O3S/c1-19-7-9-20(10-8-19)32-24-25(28-13-12-27-24)33-22-6-3-2-5-21(22)23(30)26-11-4-14-29-15-17-31-18-16-29/h2-3,5-10,12-13H,4,11,14-18H2,1H3,(H,26,30). The van der Waals surface area contributed by atoms with Gasteiger partial charge in [0.05, 0.1) is 18.8 Å². The van der Waals surface area contributed by atoms with Gasteiger partial charge >= 0.3 is 0 Å². The third-order valence-electron chi connectivity index (χ3n) is 5.25. The van der Waals surface area contributed by atoms with E-state index in [9.17, 15) is 4.79 Å². The predicted molar refractivity (Wildman–Crippen MR) is 128 cm³/mol. The number of carbonyl (C=O) groups excluding carboxylic acids is 1. The highest BCUT2D eigenvalue weighted by atomic mass is 32.2. The Morgan fingerprint density at radius 1 is 1.09 bits per heavy atom. The Morgan fingerprint density at radius 3 is 2.67 bits per heavy atom. The number of hydrogen-bond donors (Lipinski definition) is 1. The highest BCUT2D eigenvalue weighted by molar-refractivity contribution is 7.99. The van der Waals surface area contributed by atoms with E-state index >= 15 is 0 Å². The second-order valence-corrected chi connectivity index (χ2v) is 8.77. The van der Waals surface area contributed by atoms with Crippen LogP contribution in [0.1, 0.15) is 22.3 Å². The van der Waals surface area contributed by atoms with Crippen LogP contribution in [0.4, 0.5) is 0 Å². The third kappa shape index (κ3) is 6.77. The molecule has 8 heteroatoms. The monoisotopic (exact) mass is 464 g/mol. The summed E-state index contributed by atoms with van der Waals surface area (Å²) in [5.41, 5.74) is 1.77. The van der Waals surface area contributed by atoms with E-state index in [2.05, 4.69) is 20.2 Å². The molecule has 0 atom stereocenters. The van der Waals surface area contributed by atoms with Crippen LogP contribution in [0, 0.1) is 6.92 Å². The molecule has 0 aliphatic carbocycles. The van der Waals surface area contributed by atoms with Crippen molar-refractivity contribution < 1.29 is 14.3 Å². The first-order valence-electron chi connectivity index (χ1n) is 11.1. The smallest absolute Gasteiger partial charge is 0.252 e. The van der Waals surface area contributed by atoms with E-state index in [-0.39, 0.29) is 5.91 Å². The molecule has 0 spiro atoms. The lowest BCUT2D eigenvalue weighted by Gasteiger charge is -2.26. The van der Waals surface area contributed by atoms with Gasteiger partial charge in [-0.1, -0.05) is 41.6 Å². The van der Waals surface area contributed by atoms with Gasteiger partial charge in [-0.3, -0.25) is 9.69 Å². The minimum atomic E-state index is -0.0926. The summed E-state index contributed by atoms with van der Waals surface area (Å²) in [5, 5.41) is 3.65. The summed E-state index contributed by atoms with van der Waals surface area (Å²) in [4.78, 5) is 24.9. The number of morpholine rings is 1. The molecule has 1 aromatic heterocycles. The second-order valence-electron chi connectivity index (χ2n) is 7.74. The lowest BCUT2D eigenvalue weighted by atomic mass is 10.2. The van der Waals surface area contributed by atoms with E-state index in [0.717, 1.165) is 49.7 Å². The number of nitrogens with zero attached hydrogens (tertiary/aromatic N) is 3. The van der Waals surface area contributed by atoms with Crippen molar-refractivity contribution >= 4 is 17.7 Å². The number of aromatic nitrogens is 2. The fraction of sp³-hybridized carbons (Fsp3) is 0.320. The van der Waals surface area contributed by atoms with Crippen molar-refractivity contribution in [2.24, 2.45) is 0 Å². The Hall–Kier alpha value is -2.94. The first kappa shape index (κ1) is 23.2. The number of benzene rings is 2. The summed E-state index contributed by atoms with van der Waals surface area (Å²) in [5.74, 6) is 1.01. The second kappa shape index (κ2) is 11.8. The minimum absolute atomic E-state index is 0.0926. The summed E-state index contributed by atoms with van der Waals surface area (Å²) in [6.07, 6.45) is 4.12. The first-order chi connectivity index (χ1) is 16.2. The average Bonchev–Trinajstić information content (AvgIpc) is 2.85. The molecule has 2 heterocycles. The highest BCUT2D eigenvalue weighted by Gasteiger charge is 2.16. The molecule has 1 aliphatic rings. The van der Waals surface area contributed by atoms with E-state index in [1.807, 2.05) is 55.5 Å². The Kier molecular flexibility index (Phi) is 8.30. The van der Waals surface area contributed by atoms with E-state index in [0.29, 0.717) is 28.8 Å². The lowest BCUT2D eigenvalue weighted by molar-refractivity contribution is 0.0374. The van der Waals surface area contributed by atoms with Crippen LogP contribution >= 0.6 is 11.8 Å². The van der Waals surface area contributed by atoms with Crippen LogP contribution in [0.3, 0.4) is 0 Å². The SMILES string of the molecule is Cc1ccc(Oc2nccnc2Sc2ccccc2C(=O)NCCCN2CCOCC2)cc1. The predicted octanol–water partition coefficient (Wildman–Crippen LogP) is 4.18. The van der Waals surface area contributed by atoms with Crippen LogP contribution in [-0.4, -0.2) is 60.2 Å². The van der Waals surface area contributed by atoms with Gasteiger partial charge in [0, 0.05) is 36.9 Å². The highest BCUT2D eigenvalue weighted by Crippen LogP contribution is 2.35. The van der Waals surface area contributed by atoms with Crippen molar-refractivity contribution in [1.82, 2.24) is 20.2 Å². The van der Waals surface area contributed by atoms with Crippen LogP contribution in [0.2, 0.25) is 0 Å². The molecule has 1 aliphatic heterocycles. The molecule has 0 unspecified atom stereocenters. The van der Waals surface area contributed by atoms with E-state index in [1.54, 1.807) is 12.4 Å². The molecule has 33 heavy (non-hydrogen) atoms. The molecule has 1 fully saturated rings. The van der Waals surface area contributed by atoms with Crippen LogP contribution in [0.25, 0.3) is 0 Å². The van der Waals surface area contributed by atoms with Crippen molar-refractivity contribution in [3.63, 3.8) is 0 Å². The van der Waals surface area contributed by atoms with Crippen LogP contribution in [0.5, 0.6) is 11.6 Å². The molecule has 4 rings (SSSR count). The van der Waals surface area contributed by atoms with Gasteiger partial charge in [-0.15, -0.1) is 0 Å². The van der Waals surface area contributed by atoms with Crippen LogP contribution in [-0.2, 0) is 4.74 Å². The fourth-order valence-corrected chi connectivity index (χ4v) is 4.36. The minimum Gasteiger partial charge on any atom is -0.437 e. The molecule has 2 aromatic carbocycles. The first-order valence-corrected chi connectivity index (χ1v) is 11.9. The summed E-state index contributed by atoms with van der Waals surface area (Å²) < 4.78 is 11.3. The molecular weight excluding hydrogens is 436 g/mol. The van der Waals surface area contributed by atoms with Gasteiger partial charge in [0.2, 0.25) is 0 Å². The van der Waals surface area contributed by atoms with E-state index < -0.39 is 0 Å². The summed E-state index contributed by atoms with van der Waals surface area (Å²) in [6, 6.07) is 15.3. The topological polar surface area (TPSA) is 76.6 Å². The van der Waals surface area contributed by atoms with Gasteiger partial charge in [0.25, 0.3) is 11.8 Å². The molecule has 1 saturated heterocycles. The zero-order valence-electron chi connectivity index (χ0n) is 18.7. The summed E-state index contributed by atoms with van der Waals surface area (Å²) in [6.45, 7) is 7.10. The van der Waals surface area contributed by atoms with Gasteiger partial charge in [0.1, 0.15) is 5.75 Å². The molecule has 7 nitrogen and oxygen atoms in total. The van der Waals surface area contributed by atoms with Gasteiger partial charge < -0.3 is 14.8 Å². The Morgan fingerprint density at radius 2 is 1.85 bits per heavy atom. The molecule has 0 radical (unpaired) electrons. The quantitative estimate of drug-likeness (QED) is 0.476. The number of hydrogen-bond acceptors (Lipinski definition) is 7. The zero-order chi connectivity index (χ0) is 22.9.